The lowest BCUT2D eigenvalue weighted by Gasteiger charge is -2.21. The van der Waals surface area contributed by atoms with Crippen LogP contribution in [0.4, 0.5) is 0 Å². The first-order valence-electron chi connectivity index (χ1n) is 8.90. The van der Waals surface area contributed by atoms with Crippen LogP contribution in [-0.4, -0.2) is 15.0 Å². The van der Waals surface area contributed by atoms with E-state index in [1.165, 1.54) is 55.3 Å². The van der Waals surface area contributed by atoms with Gasteiger partial charge in [0.05, 0.1) is 17.1 Å². The van der Waals surface area contributed by atoms with Crippen molar-refractivity contribution in [2.45, 2.75) is 65.3 Å². The Kier molecular flexibility index (Phi) is 5.11. The van der Waals surface area contributed by atoms with Crippen molar-refractivity contribution in [2.75, 3.05) is 0 Å². The summed E-state index contributed by atoms with van der Waals surface area (Å²) in [5.74, 6) is 0.858. The molecule has 124 valence electrons. The SMILES string of the molecule is Cc1cccc(-n2nnc(CN)c2CCC2CCCCC2)c1C. The molecular formula is C19H28N4. The minimum absolute atomic E-state index is 0.463. The highest BCUT2D eigenvalue weighted by Gasteiger charge is 2.18. The van der Waals surface area contributed by atoms with E-state index in [-0.39, 0.29) is 0 Å². The summed E-state index contributed by atoms with van der Waals surface area (Å²) in [6.07, 6.45) is 9.20. The molecule has 1 saturated carbocycles. The Labute approximate surface area is 139 Å². The number of hydrogen-bond acceptors (Lipinski definition) is 3. The Morgan fingerprint density at radius 2 is 1.96 bits per heavy atom. The summed E-state index contributed by atoms with van der Waals surface area (Å²) in [5, 5.41) is 8.74. The van der Waals surface area contributed by atoms with E-state index < -0.39 is 0 Å². The minimum Gasteiger partial charge on any atom is -0.325 e. The van der Waals surface area contributed by atoms with Crippen LogP contribution in [0.1, 0.15) is 61.0 Å². The van der Waals surface area contributed by atoms with Crippen LogP contribution >= 0.6 is 0 Å². The Morgan fingerprint density at radius 1 is 1.17 bits per heavy atom. The molecule has 23 heavy (non-hydrogen) atoms. The zero-order valence-electron chi connectivity index (χ0n) is 14.4. The van der Waals surface area contributed by atoms with Gasteiger partial charge in [-0.2, -0.15) is 0 Å². The van der Waals surface area contributed by atoms with Gasteiger partial charge in [-0.15, -0.1) is 5.10 Å². The second kappa shape index (κ2) is 7.26. The van der Waals surface area contributed by atoms with Crippen LogP contribution in [0.5, 0.6) is 0 Å². The molecule has 3 rings (SSSR count). The Bertz CT molecular complexity index is 653. The third-order valence-corrected chi connectivity index (χ3v) is 5.36. The van der Waals surface area contributed by atoms with E-state index in [1.807, 2.05) is 4.68 Å². The zero-order chi connectivity index (χ0) is 16.2. The monoisotopic (exact) mass is 312 g/mol. The summed E-state index contributed by atoms with van der Waals surface area (Å²) in [5.41, 5.74) is 11.7. The summed E-state index contributed by atoms with van der Waals surface area (Å²) < 4.78 is 2.02. The number of rotatable bonds is 5. The van der Waals surface area contributed by atoms with Crippen molar-refractivity contribution in [3.8, 4) is 5.69 Å². The van der Waals surface area contributed by atoms with E-state index in [2.05, 4.69) is 42.4 Å². The van der Waals surface area contributed by atoms with Crippen molar-refractivity contribution in [1.82, 2.24) is 15.0 Å². The van der Waals surface area contributed by atoms with Gasteiger partial charge >= 0.3 is 0 Å². The van der Waals surface area contributed by atoms with Gasteiger partial charge in [-0.25, -0.2) is 4.68 Å². The summed E-state index contributed by atoms with van der Waals surface area (Å²) >= 11 is 0. The Balaban J connectivity index is 1.86. The average molecular weight is 312 g/mol. The van der Waals surface area contributed by atoms with Crippen LogP contribution in [0, 0.1) is 19.8 Å². The molecule has 1 aliphatic carbocycles. The summed E-state index contributed by atoms with van der Waals surface area (Å²) in [6, 6.07) is 6.36. The maximum Gasteiger partial charge on any atom is 0.0999 e. The third-order valence-electron chi connectivity index (χ3n) is 5.36. The lowest BCUT2D eigenvalue weighted by atomic mass is 9.85. The molecule has 0 unspecified atom stereocenters. The van der Waals surface area contributed by atoms with Gasteiger partial charge in [0.2, 0.25) is 0 Å². The molecule has 1 fully saturated rings. The predicted molar refractivity (Wildman–Crippen MR) is 93.6 cm³/mol. The molecule has 1 aliphatic rings. The maximum atomic E-state index is 5.90. The standard InChI is InChI=1S/C19H28N4/c1-14-7-6-10-18(15(14)2)23-19(17(13-20)21-22-23)12-11-16-8-4-3-5-9-16/h6-7,10,16H,3-5,8-9,11-13,20H2,1-2H3. The second-order valence-corrected chi connectivity index (χ2v) is 6.86. The molecule has 1 aromatic heterocycles. The summed E-state index contributed by atoms with van der Waals surface area (Å²) in [7, 11) is 0. The lowest BCUT2D eigenvalue weighted by molar-refractivity contribution is 0.337. The highest BCUT2D eigenvalue weighted by Crippen LogP contribution is 2.28. The summed E-state index contributed by atoms with van der Waals surface area (Å²) in [6.45, 7) is 4.76. The van der Waals surface area contributed by atoms with Gasteiger partial charge in [0, 0.05) is 6.54 Å². The van der Waals surface area contributed by atoms with Gasteiger partial charge in [-0.05, 0) is 49.8 Å². The van der Waals surface area contributed by atoms with Crippen molar-refractivity contribution in [2.24, 2.45) is 11.7 Å². The Morgan fingerprint density at radius 3 is 2.70 bits per heavy atom. The van der Waals surface area contributed by atoms with Gasteiger partial charge in [0.15, 0.2) is 0 Å². The molecule has 2 aromatic rings. The predicted octanol–water partition coefficient (Wildman–Crippen LogP) is 3.86. The Hall–Kier alpha value is -1.68. The quantitative estimate of drug-likeness (QED) is 0.912. The van der Waals surface area contributed by atoms with E-state index >= 15 is 0 Å². The van der Waals surface area contributed by atoms with Gasteiger partial charge < -0.3 is 5.73 Å². The van der Waals surface area contributed by atoms with E-state index in [1.54, 1.807) is 0 Å². The fourth-order valence-corrected chi connectivity index (χ4v) is 3.72. The molecule has 1 aromatic carbocycles. The van der Waals surface area contributed by atoms with Crippen LogP contribution in [0.3, 0.4) is 0 Å². The molecule has 4 heteroatoms. The molecule has 0 atom stereocenters. The first kappa shape index (κ1) is 16.2. The second-order valence-electron chi connectivity index (χ2n) is 6.86. The molecule has 4 nitrogen and oxygen atoms in total. The molecule has 0 aliphatic heterocycles. The first-order valence-corrected chi connectivity index (χ1v) is 8.90. The third kappa shape index (κ3) is 3.47. The van der Waals surface area contributed by atoms with Crippen molar-refractivity contribution in [3.63, 3.8) is 0 Å². The smallest absolute Gasteiger partial charge is 0.0999 e. The zero-order valence-corrected chi connectivity index (χ0v) is 14.4. The minimum atomic E-state index is 0.463. The molecule has 0 amide bonds. The fraction of sp³-hybridized carbons (Fsp3) is 0.579. The van der Waals surface area contributed by atoms with E-state index in [9.17, 15) is 0 Å². The van der Waals surface area contributed by atoms with E-state index in [0.29, 0.717) is 6.54 Å². The normalized spacial score (nSPS) is 16.0. The van der Waals surface area contributed by atoms with E-state index in [4.69, 9.17) is 5.73 Å². The number of benzene rings is 1. The number of nitrogens with zero attached hydrogens (tertiary/aromatic N) is 3. The van der Waals surface area contributed by atoms with Gasteiger partial charge in [-0.3, -0.25) is 0 Å². The fourth-order valence-electron chi connectivity index (χ4n) is 3.72. The molecule has 0 spiro atoms. The lowest BCUT2D eigenvalue weighted by Crippen LogP contribution is -2.12. The molecule has 0 bridgehead atoms. The van der Waals surface area contributed by atoms with Gasteiger partial charge in [0.25, 0.3) is 0 Å². The topological polar surface area (TPSA) is 56.7 Å². The molecule has 0 radical (unpaired) electrons. The van der Waals surface area contributed by atoms with Crippen molar-refractivity contribution < 1.29 is 0 Å². The van der Waals surface area contributed by atoms with Crippen LogP contribution in [0.2, 0.25) is 0 Å². The number of aryl methyl sites for hydroxylation is 1. The largest absolute Gasteiger partial charge is 0.325 e. The van der Waals surface area contributed by atoms with Crippen LogP contribution in [-0.2, 0) is 13.0 Å². The highest BCUT2D eigenvalue weighted by atomic mass is 15.4. The maximum absolute atomic E-state index is 5.90. The number of nitrogens with two attached hydrogens (primary N) is 1. The van der Waals surface area contributed by atoms with Crippen LogP contribution < -0.4 is 5.73 Å². The number of hydrogen-bond donors (Lipinski definition) is 1. The molecule has 1 heterocycles. The molecular weight excluding hydrogens is 284 g/mol. The first-order chi connectivity index (χ1) is 11.2. The van der Waals surface area contributed by atoms with E-state index in [0.717, 1.165) is 23.7 Å². The van der Waals surface area contributed by atoms with Gasteiger partial charge in [0.1, 0.15) is 0 Å². The van der Waals surface area contributed by atoms with Crippen molar-refractivity contribution in [1.29, 1.82) is 0 Å². The molecule has 2 N–H and O–H groups in total. The number of aromatic nitrogens is 3. The van der Waals surface area contributed by atoms with Crippen LogP contribution in [0.15, 0.2) is 18.2 Å². The van der Waals surface area contributed by atoms with Crippen LogP contribution in [0.25, 0.3) is 5.69 Å². The summed E-state index contributed by atoms with van der Waals surface area (Å²) in [4.78, 5) is 0. The molecule has 0 saturated heterocycles. The van der Waals surface area contributed by atoms with Crippen molar-refractivity contribution in [3.05, 3.63) is 40.7 Å². The van der Waals surface area contributed by atoms with Crippen molar-refractivity contribution >= 4 is 0 Å². The van der Waals surface area contributed by atoms with Gasteiger partial charge in [-0.1, -0.05) is 49.5 Å². The average Bonchev–Trinajstić information content (AvgIpc) is 2.99. The highest BCUT2D eigenvalue weighted by molar-refractivity contribution is 5.45.